The number of aryl methyl sites for hydroxylation is 1. The summed E-state index contributed by atoms with van der Waals surface area (Å²) in [6, 6.07) is 20.8. The van der Waals surface area contributed by atoms with Crippen LogP contribution in [0.25, 0.3) is 21.8 Å². The summed E-state index contributed by atoms with van der Waals surface area (Å²) in [6.07, 6.45) is 0.658. The van der Waals surface area contributed by atoms with E-state index < -0.39 is 10.0 Å². The van der Waals surface area contributed by atoms with Crippen LogP contribution in [0.5, 0.6) is 5.75 Å². The van der Waals surface area contributed by atoms with Gasteiger partial charge in [-0.2, -0.15) is 4.31 Å². The molecule has 0 radical (unpaired) electrons. The average Bonchev–Trinajstić information content (AvgIpc) is 3.03. The van der Waals surface area contributed by atoms with Gasteiger partial charge in [-0.15, -0.1) is 0 Å². The minimum atomic E-state index is -3.60. The second-order valence-electron chi connectivity index (χ2n) is 9.25. The average molecular weight is 521 g/mol. The van der Waals surface area contributed by atoms with Crippen LogP contribution in [0.1, 0.15) is 13.3 Å². The van der Waals surface area contributed by atoms with Gasteiger partial charge >= 0.3 is 0 Å². The molecule has 2 heterocycles. The van der Waals surface area contributed by atoms with Crippen molar-refractivity contribution < 1.29 is 17.9 Å². The molecule has 0 atom stereocenters. The third kappa shape index (κ3) is 5.07. The summed E-state index contributed by atoms with van der Waals surface area (Å²) in [4.78, 5) is 15.2. The Morgan fingerprint density at radius 3 is 2.43 bits per heavy atom. The monoisotopic (exact) mass is 520 g/mol. The van der Waals surface area contributed by atoms with Crippen molar-refractivity contribution in [3.05, 3.63) is 66.7 Å². The fourth-order valence-corrected chi connectivity index (χ4v) is 6.59. The second-order valence-corrected chi connectivity index (χ2v) is 11.2. The number of nitrogens with zero attached hydrogens (tertiary/aromatic N) is 3. The molecule has 3 aromatic carbocycles. The van der Waals surface area contributed by atoms with Gasteiger partial charge in [-0.1, -0.05) is 18.2 Å². The molecule has 37 heavy (non-hydrogen) atoms. The van der Waals surface area contributed by atoms with E-state index >= 15 is 0 Å². The van der Waals surface area contributed by atoms with Crippen LogP contribution in [0.4, 0.5) is 5.69 Å². The summed E-state index contributed by atoms with van der Waals surface area (Å²) in [5.74, 6) is 0.507. The van der Waals surface area contributed by atoms with E-state index in [0.29, 0.717) is 38.3 Å². The Morgan fingerprint density at radius 1 is 0.919 bits per heavy atom. The first-order valence-electron chi connectivity index (χ1n) is 12.6. The molecule has 5 rings (SSSR count). The minimum absolute atomic E-state index is 0.106. The largest absolute Gasteiger partial charge is 0.497 e. The highest BCUT2D eigenvalue weighted by Crippen LogP contribution is 2.31. The molecule has 1 aromatic heterocycles. The van der Waals surface area contributed by atoms with Gasteiger partial charge in [0.05, 0.1) is 18.6 Å². The van der Waals surface area contributed by atoms with Gasteiger partial charge in [0.25, 0.3) is 0 Å². The number of amides is 1. The molecule has 1 amide bonds. The van der Waals surface area contributed by atoms with E-state index in [1.807, 2.05) is 29.2 Å². The van der Waals surface area contributed by atoms with Gasteiger partial charge in [0.15, 0.2) is 0 Å². The van der Waals surface area contributed by atoms with E-state index in [4.69, 9.17) is 4.74 Å². The number of carbonyl (C=O) groups excluding carboxylic acids is 1. The highest BCUT2D eigenvalue weighted by molar-refractivity contribution is 7.89. The van der Waals surface area contributed by atoms with Gasteiger partial charge in [-0.3, -0.25) is 9.69 Å². The number of methoxy groups -OCH3 is 1. The molecule has 1 N–H and O–H groups in total. The summed E-state index contributed by atoms with van der Waals surface area (Å²) in [5.41, 5.74) is 3.09. The van der Waals surface area contributed by atoms with E-state index in [2.05, 4.69) is 35.0 Å². The highest BCUT2D eigenvalue weighted by atomic mass is 32.2. The SMILES string of the molecule is CCn1c2ccccc2c2cc(NC(=O)CN3CCCN(S(=O)(=O)c4ccc(OC)cc4)CC3)ccc21. The Kier molecular flexibility index (Phi) is 7.19. The molecule has 1 aliphatic rings. The number of ether oxygens (including phenoxy) is 1. The van der Waals surface area contributed by atoms with Crippen LogP contribution in [0.2, 0.25) is 0 Å². The zero-order valence-corrected chi connectivity index (χ0v) is 22.0. The molecule has 4 aromatic rings. The third-order valence-corrected chi connectivity index (χ3v) is 8.90. The van der Waals surface area contributed by atoms with E-state index in [1.165, 1.54) is 15.2 Å². The number of rotatable bonds is 7. The van der Waals surface area contributed by atoms with E-state index in [1.54, 1.807) is 31.4 Å². The maximum atomic E-state index is 13.1. The van der Waals surface area contributed by atoms with E-state index in [0.717, 1.165) is 23.1 Å². The molecule has 0 bridgehead atoms. The van der Waals surface area contributed by atoms with Crippen LogP contribution < -0.4 is 10.1 Å². The van der Waals surface area contributed by atoms with Crippen molar-refractivity contribution in [1.29, 1.82) is 0 Å². The Morgan fingerprint density at radius 2 is 1.68 bits per heavy atom. The number of anilines is 1. The number of hydrogen-bond donors (Lipinski definition) is 1. The zero-order chi connectivity index (χ0) is 26.0. The van der Waals surface area contributed by atoms with Crippen LogP contribution in [0.15, 0.2) is 71.6 Å². The molecular formula is C28H32N4O4S. The van der Waals surface area contributed by atoms with Gasteiger partial charge in [-0.05, 0) is 68.4 Å². The molecule has 8 nitrogen and oxygen atoms in total. The summed E-state index contributed by atoms with van der Waals surface area (Å²) in [7, 11) is -2.05. The zero-order valence-electron chi connectivity index (χ0n) is 21.2. The number of benzene rings is 3. The first kappa shape index (κ1) is 25.3. The molecule has 1 fully saturated rings. The molecule has 0 aliphatic carbocycles. The van der Waals surface area contributed by atoms with Crippen molar-refractivity contribution in [2.75, 3.05) is 45.2 Å². The Bertz CT molecular complexity index is 1530. The van der Waals surface area contributed by atoms with Crippen molar-refractivity contribution in [2.24, 2.45) is 0 Å². The number of fused-ring (bicyclic) bond motifs is 3. The number of nitrogens with one attached hydrogen (secondary N) is 1. The lowest BCUT2D eigenvalue weighted by Gasteiger charge is -2.21. The van der Waals surface area contributed by atoms with Crippen LogP contribution in [0.3, 0.4) is 0 Å². The highest BCUT2D eigenvalue weighted by Gasteiger charge is 2.27. The molecule has 9 heteroatoms. The lowest BCUT2D eigenvalue weighted by molar-refractivity contribution is -0.117. The Hall–Kier alpha value is -3.40. The number of para-hydroxylation sites is 1. The van der Waals surface area contributed by atoms with Gasteiger partial charge in [-0.25, -0.2) is 8.42 Å². The Balaban J connectivity index is 1.24. The Labute approximate surface area is 217 Å². The standard InChI is InChI=1S/C28H32N4O4S/c1-3-32-26-8-5-4-7-24(26)25-19-21(9-14-27(25)32)29-28(33)20-30-15-6-16-31(18-17-30)37(34,35)23-12-10-22(36-2)11-13-23/h4-5,7-14,19H,3,6,15-18,20H2,1-2H3,(H,29,33). The summed E-state index contributed by atoms with van der Waals surface area (Å²) in [5, 5.41) is 5.32. The number of carbonyl (C=O) groups is 1. The van der Waals surface area contributed by atoms with Crippen molar-refractivity contribution >= 4 is 43.4 Å². The number of aromatic nitrogens is 1. The van der Waals surface area contributed by atoms with Gasteiger partial charge in [0, 0.05) is 53.7 Å². The van der Waals surface area contributed by atoms with Crippen molar-refractivity contribution in [3.8, 4) is 5.75 Å². The van der Waals surface area contributed by atoms with Crippen molar-refractivity contribution in [2.45, 2.75) is 24.8 Å². The van der Waals surface area contributed by atoms with Crippen molar-refractivity contribution in [3.63, 3.8) is 0 Å². The van der Waals surface area contributed by atoms with E-state index in [-0.39, 0.29) is 17.3 Å². The predicted octanol–water partition coefficient (Wildman–Crippen LogP) is 4.16. The lowest BCUT2D eigenvalue weighted by Crippen LogP contribution is -2.38. The number of hydrogen-bond acceptors (Lipinski definition) is 5. The molecule has 0 unspecified atom stereocenters. The molecule has 194 valence electrons. The predicted molar refractivity (Wildman–Crippen MR) is 147 cm³/mol. The summed E-state index contributed by atoms with van der Waals surface area (Å²) < 4.78 is 35.2. The maximum Gasteiger partial charge on any atom is 0.243 e. The minimum Gasteiger partial charge on any atom is -0.497 e. The molecular weight excluding hydrogens is 488 g/mol. The van der Waals surface area contributed by atoms with Gasteiger partial charge < -0.3 is 14.6 Å². The van der Waals surface area contributed by atoms with Crippen LogP contribution in [-0.4, -0.2) is 67.9 Å². The smallest absolute Gasteiger partial charge is 0.243 e. The van der Waals surface area contributed by atoms with Crippen LogP contribution >= 0.6 is 0 Å². The summed E-state index contributed by atoms with van der Waals surface area (Å²) in [6.45, 7) is 5.12. The topological polar surface area (TPSA) is 83.9 Å². The normalized spacial score (nSPS) is 15.6. The van der Waals surface area contributed by atoms with Gasteiger partial charge in [0.1, 0.15) is 5.75 Å². The number of sulfonamides is 1. The molecule has 1 saturated heterocycles. The summed E-state index contributed by atoms with van der Waals surface area (Å²) >= 11 is 0. The quantitative estimate of drug-likeness (QED) is 0.396. The first-order valence-corrected chi connectivity index (χ1v) is 14.0. The first-order chi connectivity index (χ1) is 17.9. The lowest BCUT2D eigenvalue weighted by atomic mass is 10.1. The van der Waals surface area contributed by atoms with Crippen molar-refractivity contribution in [1.82, 2.24) is 13.8 Å². The third-order valence-electron chi connectivity index (χ3n) is 6.98. The van der Waals surface area contributed by atoms with Gasteiger partial charge in [0.2, 0.25) is 15.9 Å². The molecule has 1 aliphatic heterocycles. The fourth-order valence-electron chi connectivity index (χ4n) is 5.12. The maximum absolute atomic E-state index is 13.1. The second kappa shape index (κ2) is 10.5. The molecule has 0 spiro atoms. The van der Waals surface area contributed by atoms with Crippen LogP contribution in [0, 0.1) is 0 Å². The van der Waals surface area contributed by atoms with Crippen LogP contribution in [-0.2, 0) is 21.4 Å². The van der Waals surface area contributed by atoms with E-state index in [9.17, 15) is 13.2 Å². The molecule has 0 saturated carbocycles. The fraction of sp³-hybridized carbons (Fsp3) is 0.321.